The predicted molar refractivity (Wildman–Crippen MR) is 58.1 cm³/mol. The van der Waals surface area contributed by atoms with E-state index in [1.807, 2.05) is 0 Å². The molecule has 3 aliphatic rings. The number of ether oxygens (including phenoxy) is 1. The van der Waals surface area contributed by atoms with Crippen LogP contribution in [0.4, 0.5) is 0 Å². The first kappa shape index (κ1) is 8.98. The van der Waals surface area contributed by atoms with Crippen molar-refractivity contribution >= 4 is 30.4 Å². The van der Waals surface area contributed by atoms with Crippen molar-refractivity contribution in [3.05, 3.63) is 0 Å². The molecule has 2 radical (unpaired) electrons. The van der Waals surface area contributed by atoms with Gasteiger partial charge < -0.3 is 9.84 Å². The van der Waals surface area contributed by atoms with Crippen LogP contribution in [0.2, 0.25) is 0 Å². The normalized spacial score (nSPS) is 69.2. The third kappa shape index (κ3) is 0.881. The predicted octanol–water partition coefficient (Wildman–Crippen LogP) is 0.988. The minimum absolute atomic E-state index is 0.0272. The van der Waals surface area contributed by atoms with E-state index in [0.29, 0.717) is 11.8 Å². The quantitative estimate of drug-likeness (QED) is 0.409. The number of hydrogen-bond donors (Lipinski definition) is 1. The summed E-state index contributed by atoms with van der Waals surface area (Å²) in [5.41, 5.74) is -0.333. The Morgan fingerprint density at radius 3 is 2.85 bits per heavy atom. The molecule has 3 rings (SSSR count). The van der Waals surface area contributed by atoms with Crippen molar-refractivity contribution in [2.45, 2.75) is 47.3 Å². The highest BCUT2D eigenvalue weighted by Gasteiger charge is 2.79. The summed E-state index contributed by atoms with van der Waals surface area (Å²) in [6, 6.07) is -0.258. The van der Waals surface area contributed by atoms with Crippen LogP contribution in [0.25, 0.3) is 0 Å². The standard InChI is InChI=1S/C9H12BIO2/c1-7-3-8(12)2-5(10)13-6(8)9(7,11)4-7/h5-6,12H,2-4H2,1H3. The van der Waals surface area contributed by atoms with E-state index >= 15 is 0 Å². The van der Waals surface area contributed by atoms with E-state index in [-0.39, 0.29) is 15.5 Å². The Hall–Kier alpha value is 0.715. The lowest BCUT2D eigenvalue weighted by Gasteiger charge is -2.25. The fourth-order valence-corrected chi connectivity index (χ4v) is 5.08. The average molecular weight is 290 g/mol. The van der Waals surface area contributed by atoms with Crippen LogP contribution in [0.3, 0.4) is 0 Å². The van der Waals surface area contributed by atoms with Crippen LogP contribution in [-0.2, 0) is 4.74 Å². The minimum atomic E-state index is -0.631. The molecule has 2 aliphatic carbocycles. The first-order valence-electron chi connectivity index (χ1n) is 4.72. The molecular formula is C9H12BIO2. The van der Waals surface area contributed by atoms with Gasteiger partial charge in [0.2, 0.25) is 0 Å². The maximum absolute atomic E-state index is 10.3. The fraction of sp³-hybridized carbons (Fsp3) is 1.00. The van der Waals surface area contributed by atoms with Gasteiger partial charge in [0.25, 0.3) is 0 Å². The molecule has 0 aromatic carbocycles. The van der Waals surface area contributed by atoms with Gasteiger partial charge in [0, 0.05) is 6.00 Å². The monoisotopic (exact) mass is 290 g/mol. The lowest BCUT2D eigenvalue weighted by atomic mass is 9.85. The second-order valence-electron chi connectivity index (χ2n) is 5.14. The molecule has 5 atom stereocenters. The van der Waals surface area contributed by atoms with Crippen LogP contribution >= 0.6 is 22.6 Å². The van der Waals surface area contributed by atoms with E-state index in [1.54, 1.807) is 0 Å². The van der Waals surface area contributed by atoms with Crippen molar-refractivity contribution in [2.75, 3.05) is 0 Å². The molecule has 1 heterocycles. The number of fused-ring (bicyclic) bond motifs is 3. The van der Waals surface area contributed by atoms with Gasteiger partial charge in [0.1, 0.15) is 14.0 Å². The van der Waals surface area contributed by atoms with Gasteiger partial charge >= 0.3 is 0 Å². The molecule has 1 N–H and O–H groups in total. The van der Waals surface area contributed by atoms with Gasteiger partial charge in [-0.15, -0.1) is 0 Å². The summed E-state index contributed by atoms with van der Waals surface area (Å²) in [4.78, 5) is 0. The molecule has 2 nitrogen and oxygen atoms in total. The molecule has 4 heteroatoms. The zero-order valence-electron chi connectivity index (χ0n) is 7.59. The first-order valence-corrected chi connectivity index (χ1v) is 5.80. The SMILES string of the molecule is [B]C1CC2(O)CC3(C)CC3(I)C2O1. The second-order valence-corrected chi connectivity index (χ2v) is 7.06. The summed E-state index contributed by atoms with van der Waals surface area (Å²) in [6.45, 7) is 2.24. The highest BCUT2D eigenvalue weighted by Crippen LogP contribution is 2.76. The Morgan fingerprint density at radius 1 is 1.54 bits per heavy atom. The van der Waals surface area contributed by atoms with Crippen LogP contribution in [0.5, 0.6) is 0 Å². The molecule has 0 bridgehead atoms. The van der Waals surface area contributed by atoms with Crippen molar-refractivity contribution < 1.29 is 9.84 Å². The summed E-state index contributed by atoms with van der Waals surface area (Å²) >= 11 is 2.45. The van der Waals surface area contributed by atoms with E-state index in [1.165, 1.54) is 6.42 Å². The van der Waals surface area contributed by atoms with Crippen LogP contribution in [0, 0.1) is 5.41 Å². The first-order chi connectivity index (χ1) is 5.90. The van der Waals surface area contributed by atoms with E-state index in [4.69, 9.17) is 12.6 Å². The highest BCUT2D eigenvalue weighted by molar-refractivity contribution is 14.1. The summed E-state index contributed by atoms with van der Waals surface area (Å²) < 4.78 is 5.79. The molecule has 70 valence electrons. The highest BCUT2D eigenvalue weighted by atomic mass is 127. The van der Waals surface area contributed by atoms with E-state index in [9.17, 15) is 5.11 Å². The van der Waals surface area contributed by atoms with E-state index in [0.717, 1.165) is 6.42 Å². The molecule has 13 heavy (non-hydrogen) atoms. The molecule has 0 aromatic heterocycles. The molecule has 1 aliphatic heterocycles. The van der Waals surface area contributed by atoms with Gasteiger partial charge in [-0.2, -0.15) is 0 Å². The Labute approximate surface area is 93.0 Å². The zero-order chi connectivity index (χ0) is 9.48. The average Bonchev–Trinajstić information content (AvgIpc) is 2.27. The maximum Gasteiger partial charge on any atom is 0.109 e. The molecule has 0 amide bonds. The molecule has 0 aromatic rings. The second kappa shape index (κ2) is 2.12. The number of rotatable bonds is 0. The third-order valence-corrected chi connectivity index (χ3v) is 6.24. The van der Waals surface area contributed by atoms with Gasteiger partial charge in [-0.3, -0.25) is 0 Å². The largest absolute Gasteiger partial charge is 0.387 e. The van der Waals surface area contributed by atoms with Crippen LogP contribution < -0.4 is 0 Å². The molecule has 5 unspecified atom stereocenters. The van der Waals surface area contributed by atoms with Gasteiger partial charge in [-0.05, 0) is 24.7 Å². The Bertz CT molecular complexity index is 287. The summed E-state index contributed by atoms with van der Waals surface area (Å²) in [5.74, 6) is 0. The van der Waals surface area contributed by atoms with Crippen LogP contribution in [0.15, 0.2) is 0 Å². The number of alkyl halides is 1. The van der Waals surface area contributed by atoms with Gasteiger partial charge in [-0.1, -0.05) is 29.5 Å². The molecule has 0 spiro atoms. The number of halogens is 1. The Morgan fingerprint density at radius 2 is 2.23 bits per heavy atom. The van der Waals surface area contributed by atoms with Gasteiger partial charge in [-0.25, -0.2) is 0 Å². The summed E-state index contributed by atoms with van der Waals surface area (Å²) in [7, 11) is 5.71. The molecular weight excluding hydrogens is 278 g/mol. The zero-order valence-corrected chi connectivity index (χ0v) is 9.74. The molecule has 2 saturated carbocycles. The van der Waals surface area contributed by atoms with Crippen molar-refractivity contribution in [1.82, 2.24) is 0 Å². The smallest absolute Gasteiger partial charge is 0.109 e. The van der Waals surface area contributed by atoms with Crippen molar-refractivity contribution in [2.24, 2.45) is 5.41 Å². The number of hydrogen-bond acceptors (Lipinski definition) is 2. The summed E-state index contributed by atoms with van der Waals surface area (Å²) in [6.07, 6.45) is 2.61. The molecule has 3 fully saturated rings. The molecule has 1 saturated heterocycles. The van der Waals surface area contributed by atoms with Crippen molar-refractivity contribution in [3.8, 4) is 0 Å². The fourth-order valence-electron chi connectivity index (χ4n) is 3.32. The minimum Gasteiger partial charge on any atom is -0.387 e. The lowest BCUT2D eigenvalue weighted by molar-refractivity contribution is -0.0286. The topological polar surface area (TPSA) is 29.5 Å². The third-order valence-electron chi connectivity index (χ3n) is 3.99. The number of aliphatic hydroxyl groups is 1. The van der Waals surface area contributed by atoms with Crippen molar-refractivity contribution in [1.29, 1.82) is 0 Å². The summed E-state index contributed by atoms with van der Waals surface area (Å²) in [5, 5.41) is 10.3. The van der Waals surface area contributed by atoms with E-state index < -0.39 is 5.60 Å². The Balaban J connectivity index is 1.99. The van der Waals surface area contributed by atoms with E-state index in [2.05, 4.69) is 29.5 Å². The van der Waals surface area contributed by atoms with Gasteiger partial charge in [0.15, 0.2) is 0 Å². The van der Waals surface area contributed by atoms with Crippen LogP contribution in [0.1, 0.15) is 26.2 Å². The Kier molecular flexibility index (Phi) is 1.46. The van der Waals surface area contributed by atoms with Crippen molar-refractivity contribution in [3.63, 3.8) is 0 Å². The van der Waals surface area contributed by atoms with Gasteiger partial charge in [0.05, 0.1) is 9.02 Å². The maximum atomic E-state index is 10.3. The lowest BCUT2D eigenvalue weighted by Crippen LogP contribution is -2.39. The van der Waals surface area contributed by atoms with Crippen LogP contribution in [-0.4, -0.2) is 34.1 Å².